The van der Waals surface area contributed by atoms with Crippen molar-refractivity contribution >= 4 is 33.4 Å². The van der Waals surface area contributed by atoms with E-state index in [-0.39, 0.29) is 12.3 Å². The minimum absolute atomic E-state index is 0.170. The molecule has 0 bridgehead atoms. The van der Waals surface area contributed by atoms with Gasteiger partial charge in [-0.05, 0) is 35.9 Å². The van der Waals surface area contributed by atoms with E-state index in [4.69, 9.17) is 0 Å². The molecule has 2 unspecified atom stereocenters. The molecule has 2 aromatic heterocycles. The van der Waals surface area contributed by atoms with E-state index in [1.165, 1.54) is 4.90 Å². The molecule has 1 amide bonds. The van der Waals surface area contributed by atoms with Gasteiger partial charge in [0.15, 0.2) is 5.78 Å². The molecule has 3 heterocycles. The van der Waals surface area contributed by atoms with Crippen molar-refractivity contribution in [1.29, 1.82) is 0 Å². The summed E-state index contributed by atoms with van der Waals surface area (Å²) in [6.45, 7) is 0.170. The van der Waals surface area contributed by atoms with Crippen molar-refractivity contribution in [3.63, 3.8) is 0 Å². The lowest BCUT2D eigenvalue weighted by Crippen LogP contribution is -2.31. The molecule has 1 saturated heterocycles. The highest BCUT2D eigenvalue weighted by Crippen LogP contribution is 2.38. The van der Waals surface area contributed by atoms with Crippen molar-refractivity contribution in [2.24, 2.45) is 5.92 Å². The first-order valence-corrected chi connectivity index (χ1v) is 9.80. The van der Waals surface area contributed by atoms with Crippen LogP contribution in [0.2, 0.25) is 0 Å². The van der Waals surface area contributed by atoms with Gasteiger partial charge in [-0.1, -0.05) is 40.2 Å². The van der Waals surface area contributed by atoms with Gasteiger partial charge in [0.1, 0.15) is 5.92 Å². The molecule has 0 spiro atoms. The van der Waals surface area contributed by atoms with Crippen molar-refractivity contribution in [3.8, 4) is 0 Å². The van der Waals surface area contributed by atoms with Crippen LogP contribution in [0.1, 0.15) is 27.7 Å². The summed E-state index contributed by atoms with van der Waals surface area (Å²) in [5, 5.41) is 0. The van der Waals surface area contributed by atoms with Crippen LogP contribution in [0, 0.1) is 5.92 Å². The molecule has 1 aromatic carbocycles. The zero-order valence-electron chi connectivity index (χ0n) is 15.2. The predicted molar refractivity (Wildman–Crippen MR) is 109 cm³/mol. The first kappa shape index (κ1) is 19.1. The number of hydrogen-bond acceptors (Lipinski definition) is 5. The number of pyridine rings is 2. The molecule has 0 N–H and O–H groups in total. The van der Waals surface area contributed by atoms with Crippen LogP contribution in [0.5, 0.6) is 0 Å². The Kier molecular flexibility index (Phi) is 5.31. The average molecular weight is 450 g/mol. The molecule has 2 atom stereocenters. The molecule has 0 radical (unpaired) electrons. The van der Waals surface area contributed by atoms with Gasteiger partial charge in [-0.3, -0.25) is 24.4 Å². The number of aromatic nitrogens is 2. The second kappa shape index (κ2) is 8.05. The van der Waals surface area contributed by atoms with Crippen molar-refractivity contribution in [2.75, 3.05) is 0 Å². The number of nitrogens with zero attached hydrogens (tertiary/aromatic N) is 3. The number of rotatable bonds is 5. The summed E-state index contributed by atoms with van der Waals surface area (Å²) in [7, 11) is 0. The number of hydrogen-bond donors (Lipinski definition) is 0. The van der Waals surface area contributed by atoms with E-state index in [9.17, 15) is 14.4 Å². The van der Waals surface area contributed by atoms with Crippen molar-refractivity contribution < 1.29 is 14.4 Å². The van der Waals surface area contributed by atoms with Gasteiger partial charge in [-0.25, -0.2) is 0 Å². The third kappa shape index (κ3) is 3.73. The van der Waals surface area contributed by atoms with E-state index in [0.717, 1.165) is 10.0 Å². The lowest BCUT2D eigenvalue weighted by molar-refractivity contribution is -0.141. The maximum absolute atomic E-state index is 13.2. The molecule has 144 valence electrons. The average Bonchev–Trinajstić information content (AvgIpc) is 3.00. The third-order valence-corrected chi connectivity index (χ3v) is 5.41. The molecule has 6 nitrogen and oxygen atoms in total. The van der Waals surface area contributed by atoms with Gasteiger partial charge < -0.3 is 4.90 Å². The Morgan fingerprint density at radius 2 is 1.79 bits per heavy atom. The molecular weight excluding hydrogens is 434 g/mol. The Bertz CT molecular complexity index is 1060. The van der Waals surface area contributed by atoms with Crippen molar-refractivity contribution in [1.82, 2.24) is 14.9 Å². The van der Waals surface area contributed by atoms with Gasteiger partial charge in [0.05, 0.1) is 11.7 Å². The highest BCUT2D eigenvalue weighted by Gasteiger charge is 2.52. The van der Waals surface area contributed by atoms with E-state index < -0.39 is 23.7 Å². The van der Waals surface area contributed by atoms with E-state index in [2.05, 4.69) is 25.9 Å². The monoisotopic (exact) mass is 449 g/mol. The van der Waals surface area contributed by atoms with Crippen LogP contribution in [0.4, 0.5) is 0 Å². The van der Waals surface area contributed by atoms with Crippen molar-refractivity contribution in [2.45, 2.75) is 12.6 Å². The molecule has 3 aromatic rings. The fraction of sp³-hybridized carbons (Fsp3) is 0.136. The number of amides is 1. The normalized spacial score (nSPS) is 18.9. The van der Waals surface area contributed by atoms with Crippen LogP contribution in [-0.2, 0) is 16.1 Å². The Labute approximate surface area is 175 Å². The molecule has 1 aliphatic rings. The van der Waals surface area contributed by atoms with Crippen LogP contribution < -0.4 is 0 Å². The standard InChI is InChI=1S/C22H16BrN3O3/c23-16-8-6-15(7-9-16)20(27)18-19(17-5-1-2-11-25-17)26(22(29)21(18)28)13-14-4-3-10-24-12-14/h1-12,18-19H,13H2. The van der Waals surface area contributed by atoms with E-state index in [0.29, 0.717) is 11.3 Å². The number of likely N-dealkylation sites (tertiary alicyclic amines) is 1. The minimum Gasteiger partial charge on any atom is -0.322 e. The van der Waals surface area contributed by atoms with Crippen LogP contribution in [-0.4, -0.2) is 32.3 Å². The maximum atomic E-state index is 13.2. The van der Waals surface area contributed by atoms with Gasteiger partial charge in [-0.15, -0.1) is 0 Å². The number of ketones is 2. The first-order valence-electron chi connectivity index (χ1n) is 9.00. The Morgan fingerprint density at radius 1 is 1.00 bits per heavy atom. The van der Waals surface area contributed by atoms with E-state index >= 15 is 0 Å². The Hall–Kier alpha value is -3.19. The van der Waals surface area contributed by atoms with Gasteiger partial charge in [-0.2, -0.15) is 0 Å². The molecular formula is C22H16BrN3O3. The van der Waals surface area contributed by atoms with E-state index in [1.54, 1.807) is 67.1 Å². The molecule has 4 rings (SSSR count). The molecule has 1 aliphatic heterocycles. The summed E-state index contributed by atoms with van der Waals surface area (Å²) in [5.74, 6) is -2.92. The maximum Gasteiger partial charge on any atom is 0.291 e. The molecule has 7 heteroatoms. The predicted octanol–water partition coefficient (Wildman–Crippen LogP) is 3.39. The van der Waals surface area contributed by atoms with Crippen LogP contribution in [0.25, 0.3) is 0 Å². The second-order valence-corrected chi connectivity index (χ2v) is 7.62. The quantitative estimate of drug-likeness (QED) is 0.338. The molecule has 0 aliphatic carbocycles. The summed E-state index contributed by atoms with van der Waals surface area (Å²) in [6, 6.07) is 14.8. The molecule has 0 saturated carbocycles. The minimum atomic E-state index is -1.14. The SMILES string of the molecule is O=C1C(=O)N(Cc2cccnc2)C(c2ccccn2)C1C(=O)c1ccc(Br)cc1. The van der Waals surface area contributed by atoms with Crippen molar-refractivity contribution in [3.05, 3.63) is 94.5 Å². The number of halogens is 1. The number of carbonyl (C=O) groups excluding carboxylic acids is 3. The fourth-order valence-electron chi connectivity index (χ4n) is 3.52. The van der Waals surface area contributed by atoms with Gasteiger partial charge >= 0.3 is 0 Å². The fourth-order valence-corrected chi connectivity index (χ4v) is 3.78. The number of Topliss-reactive ketones (excluding diaryl/α,β-unsaturated/α-hetero) is 2. The lowest BCUT2D eigenvalue weighted by Gasteiger charge is -2.26. The molecule has 1 fully saturated rings. The number of carbonyl (C=O) groups is 3. The summed E-state index contributed by atoms with van der Waals surface area (Å²) >= 11 is 3.34. The smallest absolute Gasteiger partial charge is 0.291 e. The third-order valence-electron chi connectivity index (χ3n) is 4.88. The highest BCUT2D eigenvalue weighted by molar-refractivity contribution is 9.10. The summed E-state index contributed by atoms with van der Waals surface area (Å²) in [4.78, 5) is 48.8. The Balaban J connectivity index is 1.76. The summed E-state index contributed by atoms with van der Waals surface area (Å²) in [6.07, 6.45) is 4.86. The zero-order chi connectivity index (χ0) is 20.4. The van der Waals surface area contributed by atoms with Crippen LogP contribution in [0.3, 0.4) is 0 Å². The zero-order valence-corrected chi connectivity index (χ0v) is 16.8. The van der Waals surface area contributed by atoms with Gasteiger partial charge in [0, 0.05) is 35.2 Å². The topological polar surface area (TPSA) is 80.2 Å². The first-order chi connectivity index (χ1) is 14.1. The van der Waals surface area contributed by atoms with E-state index in [1.807, 2.05) is 6.07 Å². The Morgan fingerprint density at radius 3 is 2.45 bits per heavy atom. The summed E-state index contributed by atoms with van der Waals surface area (Å²) in [5.41, 5.74) is 1.65. The summed E-state index contributed by atoms with van der Waals surface area (Å²) < 4.78 is 0.822. The largest absolute Gasteiger partial charge is 0.322 e. The lowest BCUT2D eigenvalue weighted by atomic mass is 9.88. The molecule has 29 heavy (non-hydrogen) atoms. The van der Waals surface area contributed by atoms with Crippen LogP contribution >= 0.6 is 15.9 Å². The van der Waals surface area contributed by atoms with Gasteiger partial charge in [0.2, 0.25) is 5.78 Å². The number of benzene rings is 1. The second-order valence-electron chi connectivity index (χ2n) is 6.71. The highest BCUT2D eigenvalue weighted by atomic mass is 79.9. The van der Waals surface area contributed by atoms with Gasteiger partial charge in [0.25, 0.3) is 5.91 Å². The van der Waals surface area contributed by atoms with Crippen LogP contribution in [0.15, 0.2) is 77.7 Å².